The van der Waals surface area contributed by atoms with Gasteiger partial charge in [-0.15, -0.1) is 0 Å². The Morgan fingerprint density at radius 3 is 2.05 bits per heavy atom. The lowest BCUT2D eigenvalue weighted by Gasteiger charge is -2.25. The third-order valence-corrected chi connectivity index (χ3v) is 6.19. The molecule has 12 N–H and O–H groups in total. The minimum atomic E-state index is -1.60. The highest BCUT2D eigenvalue weighted by molar-refractivity contribution is 5.97. The number of hydrogen-bond donors (Lipinski definition) is 10. The maximum atomic E-state index is 13.1. The molecular formula is C24H40N8O10. The summed E-state index contributed by atoms with van der Waals surface area (Å²) in [5.41, 5.74) is 10.6. The summed E-state index contributed by atoms with van der Waals surface area (Å²) in [6.07, 6.45) is 0.831. The van der Waals surface area contributed by atoms with E-state index in [1.54, 1.807) is 0 Å². The lowest BCUT2D eigenvalue weighted by atomic mass is 10.1. The van der Waals surface area contributed by atoms with E-state index in [0.29, 0.717) is 19.4 Å². The van der Waals surface area contributed by atoms with Crippen LogP contribution in [-0.2, 0) is 38.4 Å². The summed E-state index contributed by atoms with van der Waals surface area (Å²) < 4.78 is 0. The van der Waals surface area contributed by atoms with E-state index in [4.69, 9.17) is 16.6 Å². The van der Waals surface area contributed by atoms with Gasteiger partial charge in [-0.2, -0.15) is 0 Å². The molecule has 42 heavy (non-hydrogen) atoms. The van der Waals surface area contributed by atoms with Crippen molar-refractivity contribution < 1.29 is 48.6 Å². The van der Waals surface area contributed by atoms with Crippen LogP contribution in [0.5, 0.6) is 0 Å². The first-order chi connectivity index (χ1) is 19.8. The number of carbonyl (C=O) groups is 8. The van der Waals surface area contributed by atoms with Crippen molar-refractivity contribution in [2.24, 2.45) is 11.5 Å². The van der Waals surface area contributed by atoms with Crippen molar-refractivity contribution in [1.29, 1.82) is 0 Å². The minimum absolute atomic E-state index is 0.0900. The lowest BCUT2D eigenvalue weighted by molar-refractivity contribution is -0.139. The summed E-state index contributed by atoms with van der Waals surface area (Å²) in [4.78, 5) is 96.6. The molecule has 18 nitrogen and oxygen atoms in total. The third kappa shape index (κ3) is 12.9. The van der Waals surface area contributed by atoms with E-state index >= 15 is 0 Å². The smallest absolute Gasteiger partial charge is 0.322 e. The number of aliphatic carboxylic acids is 1. The maximum Gasteiger partial charge on any atom is 0.322 e. The van der Waals surface area contributed by atoms with Gasteiger partial charge in [0.05, 0.1) is 6.61 Å². The van der Waals surface area contributed by atoms with Gasteiger partial charge in [0.15, 0.2) is 0 Å². The molecule has 236 valence electrons. The van der Waals surface area contributed by atoms with Crippen LogP contribution in [-0.4, -0.2) is 107 Å². The maximum absolute atomic E-state index is 13.1. The molecule has 1 rings (SSSR count). The molecule has 1 heterocycles. The molecule has 0 bridgehead atoms. The predicted molar refractivity (Wildman–Crippen MR) is 144 cm³/mol. The van der Waals surface area contributed by atoms with Crippen molar-refractivity contribution in [3.8, 4) is 0 Å². The molecule has 1 fully saturated rings. The van der Waals surface area contributed by atoms with E-state index < -0.39 is 84.8 Å². The molecule has 0 radical (unpaired) electrons. The number of primary amides is 1. The molecule has 0 aliphatic carbocycles. The van der Waals surface area contributed by atoms with Crippen molar-refractivity contribution in [3.05, 3.63) is 0 Å². The van der Waals surface area contributed by atoms with Crippen LogP contribution >= 0.6 is 0 Å². The van der Waals surface area contributed by atoms with E-state index in [9.17, 15) is 43.5 Å². The zero-order chi connectivity index (χ0) is 31.8. The average molecular weight is 601 g/mol. The summed E-state index contributed by atoms with van der Waals surface area (Å²) >= 11 is 0. The number of nitrogens with two attached hydrogens (primary N) is 2. The molecule has 1 aliphatic rings. The first-order valence-corrected chi connectivity index (χ1v) is 13.4. The van der Waals surface area contributed by atoms with E-state index in [2.05, 4.69) is 31.9 Å². The first-order valence-electron chi connectivity index (χ1n) is 13.4. The second kappa shape index (κ2) is 18.2. The van der Waals surface area contributed by atoms with Gasteiger partial charge in [0.25, 0.3) is 0 Å². The molecule has 1 saturated heterocycles. The normalized spacial score (nSPS) is 17.0. The van der Waals surface area contributed by atoms with E-state index in [1.807, 2.05) is 0 Å². The summed E-state index contributed by atoms with van der Waals surface area (Å²) in [7, 11) is 0. The molecule has 0 saturated carbocycles. The molecule has 0 aromatic carbocycles. The fourth-order valence-corrected chi connectivity index (χ4v) is 3.83. The van der Waals surface area contributed by atoms with Crippen LogP contribution in [0.15, 0.2) is 0 Å². The number of unbranched alkanes of at least 4 members (excludes halogenated alkanes) is 1. The Morgan fingerprint density at radius 1 is 0.905 bits per heavy atom. The highest BCUT2D eigenvalue weighted by atomic mass is 16.4. The SMILES string of the molecule is C[C@H](NC(=O)[C@@H]1CCC(=O)N1)C(=O)N[C@@H](CCCCN)C(=O)N[C@@H](CO)C(=O)N[C@@H](CCC(N)=O)C(=O)NCC(=O)O. The van der Waals surface area contributed by atoms with Crippen LogP contribution in [0.3, 0.4) is 0 Å². The van der Waals surface area contributed by atoms with Gasteiger partial charge >= 0.3 is 5.97 Å². The van der Waals surface area contributed by atoms with Crippen LogP contribution in [0, 0.1) is 0 Å². The molecule has 0 spiro atoms. The number of aliphatic hydroxyl groups excluding tert-OH is 1. The van der Waals surface area contributed by atoms with E-state index in [0.717, 1.165) is 0 Å². The van der Waals surface area contributed by atoms with Crippen molar-refractivity contribution in [3.63, 3.8) is 0 Å². The Morgan fingerprint density at radius 2 is 1.50 bits per heavy atom. The molecular weight excluding hydrogens is 560 g/mol. The highest BCUT2D eigenvalue weighted by Crippen LogP contribution is 2.07. The molecule has 7 amide bonds. The first kappa shape index (κ1) is 35.7. The van der Waals surface area contributed by atoms with Crippen LogP contribution < -0.4 is 43.4 Å². The largest absolute Gasteiger partial charge is 0.480 e. The van der Waals surface area contributed by atoms with Crippen LogP contribution in [0.2, 0.25) is 0 Å². The Balaban J connectivity index is 2.90. The number of aliphatic hydroxyl groups is 1. The predicted octanol–water partition coefficient (Wildman–Crippen LogP) is -5.19. The molecule has 0 aromatic heterocycles. The Kier molecular flexibility index (Phi) is 15.5. The van der Waals surface area contributed by atoms with Crippen molar-refractivity contribution in [2.75, 3.05) is 19.7 Å². The molecule has 18 heteroatoms. The number of amides is 7. The van der Waals surface area contributed by atoms with Gasteiger partial charge in [0.1, 0.15) is 36.8 Å². The Labute approximate surface area is 241 Å². The fraction of sp³-hybridized carbons (Fsp3) is 0.667. The summed E-state index contributed by atoms with van der Waals surface area (Å²) in [6.45, 7) is 0.00476. The third-order valence-electron chi connectivity index (χ3n) is 6.19. The zero-order valence-electron chi connectivity index (χ0n) is 23.3. The van der Waals surface area contributed by atoms with Gasteiger partial charge in [0, 0.05) is 12.8 Å². The van der Waals surface area contributed by atoms with Gasteiger partial charge in [-0.05, 0) is 45.6 Å². The van der Waals surface area contributed by atoms with E-state index in [-0.39, 0.29) is 38.0 Å². The van der Waals surface area contributed by atoms with Gasteiger partial charge in [-0.1, -0.05) is 0 Å². The number of carbonyl (C=O) groups excluding carboxylic acids is 7. The Bertz CT molecular complexity index is 1020. The lowest BCUT2D eigenvalue weighted by Crippen LogP contribution is -2.59. The van der Waals surface area contributed by atoms with Crippen LogP contribution in [0.25, 0.3) is 0 Å². The minimum Gasteiger partial charge on any atom is -0.480 e. The quantitative estimate of drug-likeness (QED) is 0.0625. The topological polar surface area (TPSA) is 301 Å². The van der Waals surface area contributed by atoms with Gasteiger partial charge in [0.2, 0.25) is 41.4 Å². The molecule has 0 unspecified atom stereocenters. The van der Waals surface area contributed by atoms with Gasteiger partial charge in [-0.3, -0.25) is 38.4 Å². The van der Waals surface area contributed by atoms with Gasteiger partial charge < -0.3 is 53.6 Å². The van der Waals surface area contributed by atoms with Crippen molar-refractivity contribution in [1.82, 2.24) is 31.9 Å². The number of carboxylic acid groups (broad SMARTS) is 1. The number of hydrogen-bond acceptors (Lipinski definition) is 10. The van der Waals surface area contributed by atoms with Crippen LogP contribution in [0.1, 0.15) is 51.9 Å². The van der Waals surface area contributed by atoms with Crippen molar-refractivity contribution in [2.45, 2.75) is 82.1 Å². The summed E-state index contributed by atoms with van der Waals surface area (Å²) in [6, 6.07) is -6.09. The zero-order valence-corrected chi connectivity index (χ0v) is 23.3. The van der Waals surface area contributed by atoms with E-state index in [1.165, 1.54) is 6.92 Å². The second-order valence-corrected chi connectivity index (χ2v) is 9.66. The second-order valence-electron chi connectivity index (χ2n) is 9.66. The number of carboxylic acids is 1. The monoisotopic (exact) mass is 600 g/mol. The Hall–Kier alpha value is -4.32. The van der Waals surface area contributed by atoms with Crippen LogP contribution in [0.4, 0.5) is 0 Å². The molecule has 1 aliphatic heterocycles. The highest BCUT2D eigenvalue weighted by Gasteiger charge is 2.32. The van der Waals surface area contributed by atoms with Crippen molar-refractivity contribution >= 4 is 47.3 Å². The molecule has 0 aromatic rings. The van der Waals surface area contributed by atoms with Gasteiger partial charge in [-0.25, -0.2) is 0 Å². The average Bonchev–Trinajstić information content (AvgIpc) is 3.37. The summed E-state index contributed by atoms with van der Waals surface area (Å²) in [5.74, 6) is -6.55. The summed E-state index contributed by atoms with van der Waals surface area (Å²) in [5, 5.41) is 32.6. The standard InChI is InChI=1S/C24H40N8O10/c1-12(28-22(40)15-6-8-18(35)29-15)20(38)30-13(4-2-3-9-25)23(41)32-16(11-33)24(42)31-14(5-7-17(26)34)21(39)27-10-19(36)37/h12-16,33H,2-11,25H2,1H3,(H2,26,34)(H,27,39)(H,28,40)(H,29,35)(H,30,38)(H,31,42)(H,32,41)(H,36,37)/t12-,13-,14-,15-,16-/m0/s1. The fourth-order valence-electron chi connectivity index (χ4n) is 3.83. The number of rotatable bonds is 19. The molecule has 5 atom stereocenters. The number of nitrogens with one attached hydrogen (secondary N) is 6.